The second-order valence-electron chi connectivity index (χ2n) is 7.76. The first-order valence-corrected chi connectivity index (χ1v) is 11.8. The van der Waals surface area contributed by atoms with Gasteiger partial charge in [0, 0.05) is 18.3 Å². The minimum absolute atomic E-state index is 0.0817. The van der Waals surface area contributed by atoms with Crippen LogP contribution in [0, 0.1) is 0 Å². The third kappa shape index (κ3) is 7.31. The molecule has 0 saturated heterocycles. The highest BCUT2D eigenvalue weighted by molar-refractivity contribution is 6.48. The van der Waals surface area contributed by atoms with E-state index < -0.39 is 52.3 Å². The van der Waals surface area contributed by atoms with E-state index >= 15 is 0 Å². The summed E-state index contributed by atoms with van der Waals surface area (Å²) < 4.78 is 97.5. The summed E-state index contributed by atoms with van der Waals surface area (Å²) in [5.74, 6) is -5.41. The number of alkyl halides is 6. The number of pyridine rings is 1. The highest BCUT2D eigenvalue weighted by Crippen LogP contribution is 2.42. The van der Waals surface area contributed by atoms with E-state index in [1.807, 2.05) is 0 Å². The Hall–Kier alpha value is -2.53. The van der Waals surface area contributed by atoms with E-state index in [9.17, 15) is 35.5 Å². The van der Waals surface area contributed by atoms with Crippen molar-refractivity contribution in [3.05, 3.63) is 103 Å². The highest BCUT2D eigenvalue weighted by atomic mass is 35.5. The zero-order valence-electron chi connectivity index (χ0n) is 18.5. The molecule has 0 saturated carbocycles. The van der Waals surface area contributed by atoms with E-state index in [1.165, 1.54) is 18.3 Å². The Morgan fingerprint density at radius 1 is 0.947 bits per heavy atom. The fourth-order valence-electron chi connectivity index (χ4n) is 3.33. The number of rotatable bonds is 6. The van der Waals surface area contributed by atoms with Gasteiger partial charge in [0.15, 0.2) is 0 Å². The fourth-order valence-corrected chi connectivity index (χ4v) is 4.14. The molecule has 1 amide bonds. The minimum Gasteiger partial charge on any atom is -0.348 e. The van der Waals surface area contributed by atoms with Crippen molar-refractivity contribution in [1.82, 2.24) is 10.3 Å². The first-order valence-electron chi connectivity index (χ1n) is 10.3. The van der Waals surface area contributed by atoms with Crippen molar-refractivity contribution in [3.63, 3.8) is 0 Å². The molecule has 0 bridgehead atoms. The van der Waals surface area contributed by atoms with Gasteiger partial charge in [0.25, 0.3) is 5.91 Å². The Kier molecular flexibility index (Phi) is 9.24. The van der Waals surface area contributed by atoms with Gasteiger partial charge in [-0.2, -0.15) is 26.3 Å². The minimum atomic E-state index is -5.14. The van der Waals surface area contributed by atoms with E-state index in [0.29, 0.717) is 11.6 Å². The van der Waals surface area contributed by atoms with E-state index in [-0.39, 0.29) is 38.9 Å². The summed E-state index contributed by atoms with van der Waals surface area (Å²) in [5, 5.41) is 1.48. The molecule has 1 aromatic heterocycles. The third-order valence-electron chi connectivity index (χ3n) is 5.12. The zero-order chi connectivity index (χ0) is 28.4. The molecule has 2 aromatic carbocycles. The maximum Gasteiger partial charge on any atom is 0.417 e. The van der Waals surface area contributed by atoms with Crippen LogP contribution in [-0.2, 0) is 12.7 Å². The quantitative estimate of drug-likeness (QED) is 0.170. The maximum atomic E-state index is 15.0. The number of hydrogen-bond acceptors (Lipinski definition) is 2. The van der Waals surface area contributed by atoms with Gasteiger partial charge in [-0.25, -0.2) is 9.37 Å². The topological polar surface area (TPSA) is 42.0 Å². The number of amides is 1. The molecule has 0 radical (unpaired) electrons. The summed E-state index contributed by atoms with van der Waals surface area (Å²) in [4.78, 5) is 16.2. The summed E-state index contributed by atoms with van der Waals surface area (Å²) >= 11 is 23.1. The van der Waals surface area contributed by atoms with Crippen LogP contribution >= 0.6 is 46.4 Å². The monoisotopic (exact) mass is 618 g/mol. The number of benzene rings is 2. The van der Waals surface area contributed by atoms with Crippen molar-refractivity contribution in [2.24, 2.45) is 0 Å². The molecule has 0 aliphatic heterocycles. The van der Waals surface area contributed by atoms with Crippen LogP contribution in [0.25, 0.3) is 5.83 Å². The predicted molar refractivity (Wildman–Crippen MR) is 131 cm³/mol. The van der Waals surface area contributed by atoms with Gasteiger partial charge in [0.1, 0.15) is 16.9 Å². The van der Waals surface area contributed by atoms with Gasteiger partial charge in [0.2, 0.25) is 0 Å². The molecule has 0 spiro atoms. The molecular formula is C24H13Cl4F7N2O. The summed E-state index contributed by atoms with van der Waals surface area (Å²) in [6.07, 6.45) is -8.79. The average molecular weight is 620 g/mol. The number of hydrogen-bond donors (Lipinski definition) is 1. The lowest BCUT2D eigenvalue weighted by Gasteiger charge is -2.19. The third-order valence-corrected chi connectivity index (χ3v) is 6.52. The molecule has 38 heavy (non-hydrogen) atoms. The molecule has 1 N–H and O–H groups in total. The molecule has 0 aliphatic rings. The molecule has 1 heterocycles. The lowest BCUT2D eigenvalue weighted by atomic mass is 9.95. The molecule has 14 heteroatoms. The van der Waals surface area contributed by atoms with Crippen molar-refractivity contribution in [3.8, 4) is 0 Å². The van der Waals surface area contributed by atoms with Crippen molar-refractivity contribution < 1.29 is 35.5 Å². The molecule has 3 rings (SSSR count). The molecule has 3 aromatic rings. The van der Waals surface area contributed by atoms with E-state index in [1.54, 1.807) is 0 Å². The van der Waals surface area contributed by atoms with E-state index in [4.69, 9.17) is 46.4 Å². The Bertz CT molecular complexity index is 1370. The van der Waals surface area contributed by atoms with Crippen molar-refractivity contribution >= 4 is 58.1 Å². The van der Waals surface area contributed by atoms with Crippen LogP contribution in [0.5, 0.6) is 0 Å². The van der Waals surface area contributed by atoms with Gasteiger partial charge in [-0.15, -0.1) is 0 Å². The fraction of sp³-hybridized carbons (Fsp3) is 0.167. The van der Waals surface area contributed by atoms with Gasteiger partial charge < -0.3 is 5.32 Å². The van der Waals surface area contributed by atoms with Crippen molar-refractivity contribution in [2.75, 3.05) is 0 Å². The Labute approximate surface area is 231 Å². The van der Waals surface area contributed by atoms with Gasteiger partial charge in [-0.1, -0.05) is 52.5 Å². The number of carbonyl (C=O) groups is 1. The number of carbonyl (C=O) groups excluding carboxylic acids is 1. The first-order chi connectivity index (χ1) is 17.6. The molecule has 3 nitrogen and oxygen atoms in total. The number of allylic oxidation sites excluding steroid dienone is 1. The van der Waals surface area contributed by atoms with Crippen LogP contribution < -0.4 is 5.32 Å². The van der Waals surface area contributed by atoms with Crippen LogP contribution in [0.3, 0.4) is 0 Å². The summed E-state index contributed by atoms with van der Waals surface area (Å²) in [6.45, 7) is -0.201. The lowest BCUT2D eigenvalue weighted by Crippen LogP contribution is -2.26. The summed E-state index contributed by atoms with van der Waals surface area (Å²) in [5.41, 5.74) is -3.40. The number of nitrogens with one attached hydrogen (secondary N) is 1. The number of halogens is 11. The molecular weight excluding hydrogens is 607 g/mol. The summed E-state index contributed by atoms with van der Waals surface area (Å²) in [6, 6.07) is 6.17. The maximum absolute atomic E-state index is 15.0. The largest absolute Gasteiger partial charge is 0.417 e. The first kappa shape index (κ1) is 30.0. The molecule has 202 valence electrons. The van der Waals surface area contributed by atoms with Crippen LogP contribution in [0.2, 0.25) is 20.2 Å². The normalized spacial score (nSPS) is 13.4. The van der Waals surface area contributed by atoms with Gasteiger partial charge >= 0.3 is 12.4 Å². The van der Waals surface area contributed by atoms with Crippen LogP contribution in [0.1, 0.15) is 38.5 Å². The molecule has 1 atom stereocenters. The standard InChI is InChI=1S/C24H13Cl4F7N2O/c25-17-7-13(8-18(26)21(17)28)15(23(30,31)32)9-19(29)12-1-2-14(16(6-12)24(33,34)35)22(38)37-10-11-3-4-36-20(27)5-11/h1-9,15H,10H2,(H,37,38)/b19-9-. The van der Waals surface area contributed by atoms with E-state index in [0.717, 1.165) is 18.2 Å². The number of nitrogens with zero attached hydrogens (tertiary/aromatic N) is 1. The summed E-state index contributed by atoms with van der Waals surface area (Å²) in [7, 11) is 0. The molecule has 0 fully saturated rings. The van der Waals surface area contributed by atoms with Crippen molar-refractivity contribution in [1.29, 1.82) is 0 Å². The van der Waals surface area contributed by atoms with Gasteiger partial charge in [-0.3, -0.25) is 4.79 Å². The zero-order valence-corrected chi connectivity index (χ0v) is 21.5. The number of aromatic nitrogens is 1. The Morgan fingerprint density at radius 2 is 1.58 bits per heavy atom. The van der Waals surface area contributed by atoms with E-state index in [2.05, 4.69) is 10.3 Å². The highest BCUT2D eigenvalue weighted by Gasteiger charge is 2.41. The van der Waals surface area contributed by atoms with Crippen LogP contribution in [0.4, 0.5) is 30.7 Å². The second-order valence-corrected chi connectivity index (χ2v) is 9.34. The Morgan fingerprint density at radius 3 is 2.13 bits per heavy atom. The molecule has 0 aliphatic carbocycles. The Balaban J connectivity index is 1.98. The van der Waals surface area contributed by atoms with Crippen LogP contribution in [0.15, 0.2) is 54.7 Å². The van der Waals surface area contributed by atoms with Gasteiger partial charge in [0.05, 0.1) is 26.2 Å². The van der Waals surface area contributed by atoms with Crippen molar-refractivity contribution in [2.45, 2.75) is 24.8 Å². The van der Waals surface area contributed by atoms with Crippen LogP contribution in [-0.4, -0.2) is 17.1 Å². The van der Waals surface area contributed by atoms with Gasteiger partial charge in [-0.05, 0) is 53.6 Å². The SMILES string of the molecule is O=C(NCc1ccnc(Cl)c1)c1ccc(/C(F)=C/C(c2cc(Cl)c(Cl)c(Cl)c2)C(F)(F)F)cc1C(F)(F)F. The average Bonchev–Trinajstić information content (AvgIpc) is 2.82. The lowest BCUT2D eigenvalue weighted by molar-refractivity contribution is -0.140. The predicted octanol–water partition coefficient (Wildman–Crippen LogP) is 9.30. The molecule has 1 unspecified atom stereocenters. The smallest absolute Gasteiger partial charge is 0.348 e. The second kappa shape index (κ2) is 11.7.